The summed E-state index contributed by atoms with van der Waals surface area (Å²) in [5.41, 5.74) is 7.93. The van der Waals surface area contributed by atoms with Gasteiger partial charge in [0.1, 0.15) is 0 Å². The van der Waals surface area contributed by atoms with Crippen LogP contribution in [-0.2, 0) is 9.53 Å². The summed E-state index contributed by atoms with van der Waals surface area (Å²) in [7, 11) is 0. The minimum absolute atomic E-state index is 0.123. The van der Waals surface area contributed by atoms with Gasteiger partial charge < -0.3 is 15.8 Å². The Morgan fingerprint density at radius 2 is 2.16 bits per heavy atom. The first kappa shape index (κ1) is 14.5. The predicted octanol–water partition coefficient (Wildman–Crippen LogP) is 2.45. The summed E-state index contributed by atoms with van der Waals surface area (Å²) in [5, 5.41) is 2.87. The van der Waals surface area contributed by atoms with Crippen molar-refractivity contribution in [1.82, 2.24) is 0 Å². The van der Waals surface area contributed by atoms with Crippen molar-refractivity contribution < 1.29 is 9.53 Å². The average Bonchev–Trinajstić information content (AvgIpc) is 2.43. The molecule has 1 unspecified atom stereocenters. The van der Waals surface area contributed by atoms with E-state index in [9.17, 15) is 4.79 Å². The van der Waals surface area contributed by atoms with Gasteiger partial charge in [-0.2, -0.15) is 0 Å². The fourth-order valence-electron chi connectivity index (χ4n) is 2.19. The van der Waals surface area contributed by atoms with E-state index in [4.69, 9.17) is 10.5 Å². The van der Waals surface area contributed by atoms with Crippen LogP contribution < -0.4 is 11.1 Å². The number of hydrogen-bond donors (Lipinski definition) is 2. The summed E-state index contributed by atoms with van der Waals surface area (Å²) in [6, 6.07) is 5.27. The van der Waals surface area contributed by atoms with E-state index in [-0.39, 0.29) is 11.8 Å². The monoisotopic (exact) mass is 326 g/mol. The molecule has 0 radical (unpaired) electrons. The maximum absolute atomic E-state index is 12.1. The number of benzene rings is 1. The molecule has 1 saturated heterocycles. The number of amides is 1. The van der Waals surface area contributed by atoms with E-state index >= 15 is 0 Å². The first-order valence-corrected chi connectivity index (χ1v) is 7.27. The zero-order valence-electron chi connectivity index (χ0n) is 11.0. The summed E-state index contributed by atoms with van der Waals surface area (Å²) in [6.07, 6.45) is 1.71. The zero-order chi connectivity index (χ0) is 13.8. The number of halogens is 1. The van der Waals surface area contributed by atoms with Gasteiger partial charge in [0.25, 0.3) is 0 Å². The zero-order valence-corrected chi connectivity index (χ0v) is 12.6. The quantitative estimate of drug-likeness (QED) is 0.896. The average molecular weight is 327 g/mol. The number of aryl methyl sites for hydroxylation is 1. The molecule has 1 aromatic rings. The second kappa shape index (κ2) is 6.50. The van der Waals surface area contributed by atoms with Gasteiger partial charge >= 0.3 is 0 Å². The fourth-order valence-corrected chi connectivity index (χ4v) is 2.56. The molecule has 19 heavy (non-hydrogen) atoms. The first-order valence-electron chi connectivity index (χ1n) is 6.48. The second-order valence-electron chi connectivity index (χ2n) is 4.93. The number of anilines is 1. The van der Waals surface area contributed by atoms with Gasteiger partial charge in [0.15, 0.2) is 0 Å². The summed E-state index contributed by atoms with van der Waals surface area (Å²) >= 11 is 3.45. The van der Waals surface area contributed by atoms with E-state index in [0.717, 1.165) is 28.6 Å². The van der Waals surface area contributed by atoms with Crippen LogP contribution in [0.25, 0.3) is 0 Å². The van der Waals surface area contributed by atoms with Crippen molar-refractivity contribution in [3.63, 3.8) is 0 Å². The third kappa shape index (κ3) is 3.78. The normalized spacial score (nSPS) is 18.1. The van der Waals surface area contributed by atoms with E-state index in [0.29, 0.717) is 13.2 Å². The lowest BCUT2D eigenvalue weighted by Gasteiger charge is -2.26. The minimum Gasteiger partial charge on any atom is -0.381 e. The Hall–Kier alpha value is -0.910. The predicted molar refractivity (Wildman–Crippen MR) is 79.0 cm³/mol. The van der Waals surface area contributed by atoms with Gasteiger partial charge in [-0.15, -0.1) is 0 Å². The Morgan fingerprint density at radius 1 is 1.47 bits per heavy atom. The van der Waals surface area contributed by atoms with E-state index < -0.39 is 6.04 Å². The lowest BCUT2D eigenvalue weighted by atomic mass is 9.92. The molecule has 1 fully saturated rings. The van der Waals surface area contributed by atoms with Crippen LogP contribution in [0.3, 0.4) is 0 Å². The highest BCUT2D eigenvalue weighted by atomic mass is 79.9. The summed E-state index contributed by atoms with van der Waals surface area (Å²) in [6.45, 7) is 3.40. The van der Waals surface area contributed by atoms with Crippen molar-refractivity contribution in [3.05, 3.63) is 28.2 Å². The molecule has 1 aliphatic rings. The molecule has 0 aromatic heterocycles. The number of carbonyl (C=O) groups excluding carboxylic acids is 1. The van der Waals surface area contributed by atoms with Crippen LogP contribution in [0, 0.1) is 12.8 Å². The second-order valence-corrected chi connectivity index (χ2v) is 5.78. The van der Waals surface area contributed by atoms with E-state index in [1.165, 1.54) is 0 Å². The molecule has 0 aliphatic carbocycles. The lowest BCUT2D eigenvalue weighted by molar-refractivity contribution is -0.119. The molecule has 5 heteroatoms. The molecule has 2 rings (SSSR count). The highest BCUT2D eigenvalue weighted by molar-refractivity contribution is 9.10. The van der Waals surface area contributed by atoms with Crippen LogP contribution in [0.2, 0.25) is 0 Å². The maximum Gasteiger partial charge on any atom is 0.241 e. The molecule has 0 spiro atoms. The molecule has 0 saturated carbocycles. The van der Waals surface area contributed by atoms with Crippen LogP contribution in [-0.4, -0.2) is 25.2 Å². The van der Waals surface area contributed by atoms with E-state index in [1.54, 1.807) is 0 Å². The molecule has 1 heterocycles. The number of carbonyl (C=O) groups is 1. The Morgan fingerprint density at radius 3 is 2.79 bits per heavy atom. The van der Waals surface area contributed by atoms with Gasteiger partial charge in [0, 0.05) is 23.4 Å². The van der Waals surface area contributed by atoms with E-state index in [1.807, 2.05) is 25.1 Å². The minimum atomic E-state index is -0.469. The molecular formula is C14H19BrN2O2. The van der Waals surface area contributed by atoms with Gasteiger partial charge in [-0.1, -0.05) is 22.0 Å². The van der Waals surface area contributed by atoms with Gasteiger partial charge in [0.05, 0.1) is 6.04 Å². The van der Waals surface area contributed by atoms with Crippen molar-refractivity contribution in [2.24, 2.45) is 11.7 Å². The molecule has 1 aliphatic heterocycles. The molecule has 104 valence electrons. The van der Waals surface area contributed by atoms with Crippen molar-refractivity contribution in [2.45, 2.75) is 25.8 Å². The van der Waals surface area contributed by atoms with Gasteiger partial charge in [-0.25, -0.2) is 0 Å². The Labute approximate surface area is 121 Å². The SMILES string of the molecule is Cc1ccc(NC(=O)C(N)C2CCOCC2)cc1Br. The highest BCUT2D eigenvalue weighted by Crippen LogP contribution is 2.22. The highest BCUT2D eigenvalue weighted by Gasteiger charge is 2.26. The van der Waals surface area contributed by atoms with Crippen LogP contribution in [0.15, 0.2) is 22.7 Å². The topological polar surface area (TPSA) is 64.4 Å². The smallest absolute Gasteiger partial charge is 0.241 e. The molecule has 3 N–H and O–H groups in total. The maximum atomic E-state index is 12.1. The third-order valence-corrected chi connectivity index (χ3v) is 4.37. The van der Waals surface area contributed by atoms with Crippen molar-refractivity contribution in [3.8, 4) is 0 Å². The van der Waals surface area contributed by atoms with Crippen LogP contribution in [0.5, 0.6) is 0 Å². The number of nitrogens with two attached hydrogens (primary N) is 1. The largest absolute Gasteiger partial charge is 0.381 e. The number of ether oxygens (including phenoxy) is 1. The van der Waals surface area contributed by atoms with Crippen LogP contribution in [0.1, 0.15) is 18.4 Å². The van der Waals surface area contributed by atoms with Crippen LogP contribution in [0.4, 0.5) is 5.69 Å². The first-order chi connectivity index (χ1) is 9.08. The fraction of sp³-hybridized carbons (Fsp3) is 0.500. The summed E-state index contributed by atoms with van der Waals surface area (Å²) in [4.78, 5) is 12.1. The van der Waals surface area contributed by atoms with Crippen molar-refractivity contribution >= 4 is 27.5 Å². The standard InChI is InChI=1S/C14H19BrN2O2/c1-9-2-3-11(8-12(9)15)17-14(18)13(16)10-4-6-19-7-5-10/h2-3,8,10,13H,4-7,16H2,1H3,(H,17,18). The Balaban J connectivity index is 1.97. The van der Waals surface area contributed by atoms with Crippen LogP contribution >= 0.6 is 15.9 Å². The van der Waals surface area contributed by atoms with Gasteiger partial charge in [-0.05, 0) is 43.4 Å². The molecule has 4 nitrogen and oxygen atoms in total. The third-order valence-electron chi connectivity index (χ3n) is 3.52. The van der Waals surface area contributed by atoms with Crippen molar-refractivity contribution in [2.75, 3.05) is 18.5 Å². The van der Waals surface area contributed by atoms with Crippen molar-refractivity contribution in [1.29, 1.82) is 0 Å². The van der Waals surface area contributed by atoms with Gasteiger partial charge in [0.2, 0.25) is 5.91 Å². The van der Waals surface area contributed by atoms with Gasteiger partial charge in [-0.3, -0.25) is 4.79 Å². The molecule has 1 amide bonds. The summed E-state index contributed by atoms with van der Waals surface area (Å²) in [5.74, 6) is 0.0882. The lowest BCUT2D eigenvalue weighted by Crippen LogP contribution is -2.44. The molecular weight excluding hydrogens is 308 g/mol. The molecule has 1 aromatic carbocycles. The summed E-state index contributed by atoms with van der Waals surface area (Å²) < 4.78 is 6.26. The number of rotatable bonds is 3. The number of hydrogen-bond acceptors (Lipinski definition) is 3. The van der Waals surface area contributed by atoms with E-state index in [2.05, 4.69) is 21.2 Å². The number of nitrogens with one attached hydrogen (secondary N) is 1. The molecule has 0 bridgehead atoms. The Kier molecular flexibility index (Phi) is 4.96. The Bertz CT molecular complexity index is 459. The molecule has 1 atom stereocenters.